The lowest BCUT2D eigenvalue weighted by Gasteiger charge is -2.15. The Hall–Kier alpha value is -1.28. The number of fused-ring (bicyclic) bond motifs is 2. The Labute approximate surface area is 82.6 Å². The second-order valence-corrected chi connectivity index (χ2v) is 4.00. The Morgan fingerprint density at radius 1 is 1.57 bits per heavy atom. The zero-order chi connectivity index (χ0) is 9.97. The number of carbonyl (C=O) groups is 1. The van der Waals surface area contributed by atoms with Gasteiger partial charge in [0.2, 0.25) is 0 Å². The molecule has 0 saturated heterocycles. The van der Waals surface area contributed by atoms with Gasteiger partial charge in [-0.25, -0.2) is 0 Å². The minimum atomic E-state index is 0.199. The summed E-state index contributed by atoms with van der Waals surface area (Å²) >= 11 is 0. The average Bonchev–Trinajstić information content (AvgIpc) is 2.75. The summed E-state index contributed by atoms with van der Waals surface area (Å²) < 4.78 is 0. The zero-order valence-corrected chi connectivity index (χ0v) is 7.97. The van der Waals surface area contributed by atoms with Gasteiger partial charge in [0.25, 0.3) is 0 Å². The highest BCUT2D eigenvalue weighted by molar-refractivity contribution is 5.89. The molecule has 0 amide bonds. The Morgan fingerprint density at radius 2 is 2.43 bits per heavy atom. The van der Waals surface area contributed by atoms with Crippen molar-refractivity contribution in [1.29, 1.82) is 0 Å². The van der Waals surface area contributed by atoms with E-state index in [0.29, 0.717) is 18.2 Å². The van der Waals surface area contributed by atoms with E-state index in [1.807, 2.05) is 6.08 Å². The number of rotatable bonds is 4. The first kappa shape index (κ1) is 9.28. The number of Topliss-reactive ketones (excluding diaryl/α,β-unsaturated/α-hetero) is 1. The van der Waals surface area contributed by atoms with Crippen LogP contribution < -0.4 is 0 Å². The highest BCUT2D eigenvalue weighted by atomic mass is 16.1. The van der Waals surface area contributed by atoms with Crippen LogP contribution in [0.15, 0.2) is 17.3 Å². The molecule has 0 unspecified atom stereocenters. The van der Waals surface area contributed by atoms with Gasteiger partial charge in [-0.1, -0.05) is 17.3 Å². The number of azide groups is 1. The van der Waals surface area contributed by atoms with Crippen molar-refractivity contribution in [2.45, 2.75) is 19.3 Å². The standard InChI is InChI=1S/C10H13N3O/c11-13-12-5-1-2-9-7-3-4-8(6-7)10(9)14/h3-4,7-9H,1-2,5-6H2/t7-,8+,9+/m1/s1. The molecule has 4 heteroatoms. The summed E-state index contributed by atoms with van der Waals surface area (Å²) in [6, 6.07) is 0. The van der Waals surface area contributed by atoms with Gasteiger partial charge in [0.05, 0.1) is 0 Å². The molecule has 0 radical (unpaired) electrons. The SMILES string of the molecule is [N-]=[N+]=NCCC[C@@H]1C(=O)[C@H]2C=C[C@@H]1C2. The van der Waals surface area contributed by atoms with E-state index >= 15 is 0 Å². The third kappa shape index (κ3) is 1.53. The molecule has 2 aliphatic carbocycles. The van der Waals surface area contributed by atoms with Crippen LogP contribution in [-0.2, 0) is 4.79 Å². The van der Waals surface area contributed by atoms with Gasteiger partial charge < -0.3 is 0 Å². The molecule has 2 rings (SSSR count). The van der Waals surface area contributed by atoms with Crippen LogP contribution in [0.4, 0.5) is 0 Å². The molecular formula is C10H13N3O. The fraction of sp³-hybridized carbons (Fsp3) is 0.700. The maximum absolute atomic E-state index is 11.7. The minimum Gasteiger partial charge on any atom is -0.299 e. The van der Waals surface area contributed by atoms with Gasteiger partial charge in [-0.05, 0) is 30.7 Å². The molecule has 0 aromatic carbocycles. The van der Waals surface area contributed by atoms with E-state index in [1.165, 1.54) is 0 Å². The van der Waals surface area contributed by atoms with Crippen molar-refractivity contribution in [1.82, 2.24) is 0 Å². The lowest BCUT2D eigenvalue weighted by Crippen LogP contribution is -2.19. The Morgan fingerprint density at radius 3 is 3.07 bits per heavy atom. The van der Waals surface area contributed by atoms with Crippen molar-refractivity contribution in [2.24, 2.45) is 22.9 Å². The van der Waals surface area contributed by atoms with Crippen molar-refractivity contribution in [3.8, 4) is 0 Å². The number of nitrogens with zero attached hydrogens (tertiary/aromatic N) is 3. The third-order valence-electron chi connectivity index (χ3n) is 3.20. The van der Waals surface area contributed by atoms with Gasteiger partial charge >= 0.3 is 0 Å². The molecule has 1 fully saturated rings. The molecule has 0 heterocycles. The molecule has 14 heavy (non-hydrogen) atoms. The van der Waals surface area contributed by atoms with Gasteiger partial charge in [0, 0.05) is 23.3 Å². The third-order valence-corrected chi connectivity index (χ3v) is 3.20. The van der Waals surface area contributed by atoms with Crippen molar-refractivity contribution in [3.63, 3.8) is 0 Å². The van der Waals surface area contributed by atoms with Crippen LogP contribution in [0.1, 0.15) is 19.3 Å². The van der Waals surface area contributed by atoms with E-state index in [2.05, 4.69) is 16.1 Å². The van der Waals surface area contributed by atoms with Crippen LogP contribution in [0.2, 0.25) is 0 Å². The molecule has 1 saturated carbocycles. The van der Waals surface area contributed by atoms with Gasteiger partial charge in [0.1, 0.15) is 5.78 Å². The van der Waals surface area contributed by atoms with Gasteiger partial charge in [-0.3, -0.25) is 4.79 Å². The minimum absolute atomic E-state index is 0.199. The predicted octanol–water partition coefficient (Wildman–Crippen LogP) is 2.47. The number of hydrogen-bond donors (Lipinski definition) is 0. The first-order valence-electron chi connectivity index (χ1n) is 5.06. The fourth-order valence-corrected chi connectivity index (χ4v) is 2.51. The molecule has 0 aromatic heterocycles. The fourth-order valence-electron chi connectivity index (χ4n) is 2.51. The molecule has 0 N–H and O–H groups in total. The zero-order valence-electron chi connectivity index (χ0n) is 7.97. The number of hydrogen-bond acceptors (Lipinski definition) is 2. The smallest absolute Gasteiger partial charge is 0.143 e. The Bertz CT molecular complexity index is 317. The number of ketones is 1. The lowest BCUT2D eigenvalue weighted by atomic mass is 9.88. The second-order valence-electron chi connectivity index (χ2n) is 4.00. The molecule has 0 aliphatic heterocycles. The summed E-state index contributed by atoms with van der Waals surface area (Å²) in [5.74, 6) is 1.28. The summed E-state index contributed by atoms with van der Waals surface area (Å²) in [4.78, 5) is 14.4. The van der Waals surface area contributed by atoms with Crippen LogP contribution in [0.3, 0.4) is 0 Å². The molecule has 2 aliphatic rings. The molecular weight excluding hydrogens is 178 g/mol. The normalized spacial score (nSPS) is 33.4. The Balaban J connectivity index is 1.84. The maximum Gasteiger partial charge on any atom is 0.143 e. The Kier molecular flexibility index (Phi) is 2.55. The van der Waals surface area contributed by atoms with Crippen molar-refractivity contribution in [3.05, 3.63) is 22.6 Å². The molecule has 3 atom stereocenters. The lowest BCUT2D eigenvalue weighted by molar-refractivity contribution is -0.123. The number of carbonyl (C=O) groups excluding carboxylic acids is 1. The van der Waals surface area contributed by atoms with Gasteiger partial charge in [0.15, 0.2) is 0 Å². The highest BCUT2D eigenvalue weighted by Gasteiger charge is 2.42. The predicted molar refractivity (Wildman–Crippen MR) is 52.5 cm³/mol. The first-order chi connectivity index (χ1) is 6.83. The van der Waals surface area contributed by atoms with Crippen LogP contribution >= 0.6 is 0 Å². The van der Waals surface area contributed by atoms with Crippen LogP contribution in [0, 0.1) is 17.8 Å². The second kappa shape index (κ2) is 3.84. The van der Waals surface area contributed by atoms with E-state index in [9.17, 15) is 4.79 Å². The van der Waals surface area contributed by atoms with Crippen molar-refractivity contribution in [2.75, 3.05) is 6.54 Å². The highest BCUT2D eigenvalue weighted by Crippen LogP contribution is 2.42. The molecule has 2 bridgehead atoms. The van der Waals surface area contributed by atoms with E-state index in [4.69, 9.17) is 5.53 Å². The molecule has 0 aromatic rings. The topological polar surface area (TPSA) is 65.8 Å². The van der Waals surface area contributed by atoms with Gasteiger partial charge in [-0.15, -0.1) is 0 Å². The van der Waals surface area contributed by atoms with Crippen LogP contribution in [0.25, 0.3) is 10.4 Å². The van der Waals surface area contributed by atoms with Gasteiger partial charge in [-0.2, -0.15) is 0 Å². The molecule has 74 valence electrons. The largest absolute Gasteiger partial charge is 0.299 e. The maximum atomic E-state index is 11.7. The first-order valence-corrected chi connectivity index (χ1v) is 5.06. The average molecular weight is 191 g/mol. The summed E-state index contributed by atoms with van der Waals surface area (Å²) in [5.41, 5.74) is 8.10. The van der Waals surface area contributed by atoms with Crippen molar-refractivity contribution < 1.29 is 4.79 Å². The summed E-state index contributed by atoms with van der Waals surface area (Å²) in [5, 5.41) is 3.47. The number of allylic oxidation sites excluding steroid dienone is 2. The monoisotopic (exact) mass is 191 g/mol. The van der Waals surface area contributed by atoms with E-state index in [-0.39, 0.29) is 11.8 Å². The van der Waals surface area contributed by atoms with Crippen LogP contribution in [-0.4, -0.2) is 12.3 Å². The van der Waals surface area contributed by atoms with Crippen LogP contribution in [0.5, 0.6) is 0 Å². The summed E-state index contributed by atoms with van der Waals surface area (Å²) in [6.45, 7) is 0.515. The molecule has 0 spiro atoms. The van der Waals surface area contributed by atoms with E-state index in [0.717, 1.165) is 19.3 Å². The van der Waals surface area contributed by atoms with E-state index < -0.39 is 0 Å². The molecule has 4 nitrogen and oxygen atoms in total. The quantitative estimate of drug-likeness (QED) is 0.221. The summed E-state index contributed by atoms with van der Waals surface area (Å²) in [6.07, 6.45) is 6.94. The van der Waals surface area contributed by atoms with Crippen molar-refractivity contribution >= 4 is 5.78 Å². The summed E-state index contributed by atoms with van der Waals surface area (Å²) in [7, 11) is 0. The van der Waals surface area contributed by atoms with E-state index in [1.54, 1.807) is 0 Å².